The van der Waals surface area contributed by atoms with E-state index in [1.54, 1.807) is 0 Å². The summed E-state index contributed by atoms with van der Waals surface area (Å²) in [5.41, 5.74) is 0. The molecule has 1 N–H and O–H groups in total. The fourth-order valence-electron chi connectivity index (χ4n) is 2.60. The van der Waals surface area contributed by atoms with Crippen molar-refractivity contribution < 1.29 is 8.42 Å². The van der Waals surface area contributed by atoms with Gasteiger partial charge in [-0.1, -0.05) is 13.8 Å². The summed E-state index contributed by atoms with van der Waals surface area (Å²) < 4.78 is 26.2. The van der Waals surface area contributed by atoms with Crippen LogP contribution in [0.1, 0.15) is 39.5 Å². The molecule has 0 saturated heterocycles. The quantitative estimate of drug-likeness (QED) is 0.778. The second-order valence-electron chi connectivity index (χ2n) is 5.09. The first-order valence-corrected chi connectivity index (χ1v) is 8.17. The highest BCUT2D eigenvalue weighted by atomic mass is 35.5. The summed E-state index contributed by atoms with van der Waals surface area (Å²) in [6, 6.07) is 0.124. The second-order valence-corrected chi connectivity index (χ2v) is 7.35. The van der Waals surface area contributed by atoms with Crippen molar-refractivity contribution >= 4 is 21.6 Å². The van der Waals surface area contributed by atoms with Crippen molar-refractivity contribution in [2.45, 2.75) is 45.6 Å². The van der Waals surface area contributed by atoms with E-state index in [2.05, 4.69) is 18.6 Å². The van der Waals surface area contributed by atoms with Gasteiger partial charge in [-0.25, -0.2) is 13.1 Å². The Labute approximate surface area is 104 Å². The van der Waals surface area contributed by atoms with Crippen LogP contribution >= 0.6 is 11.6 Å². The lowest BCUT2D eigenvalue weighted by Gasteiger charge is -2.31. The number of sulfonamides is 1. The molecule has 0 aromatic carbocycles. The first kappa shape index (κ1) is 14.3. The summed E-state index contributed by atoms with van der Waals surface area (Å²) in [5, 5.41) is 0. The molecule has 1 saturated carbocycles. The van der Waals surface area contributed by atoms with E-state index in [0.29, 0.717) is 24.1 Å². The smallest absolute Gasteiger partial charge is 0.211 e. The maximum atomic E-state index is 11.7. The molecule has 2 unspecified atom stereocenters. The minimum atomic E-state index is -3.12. The van der Waals surface area contributed by atoms with Gasteiger partial charge in [0.2, 0.25) is 10.0 Å². The lowest BCUT2D eigenvalue weighted by atomic mass is 9.81. The van der Waals surface area contributed by atoms with Crippen LogP contribution in [0.15, 0.2) is 0 Å². The molecular formula is C11H22ClNO2S. The van der Waals surface area contributed by atoms with Gasteiger partial charge in [-0.3, -0.25) is 0 Å². The number of halogens is 1. The second kappa shape index (κ2) is 6.22. The third-order valence-corrected chi connectivity index (χ3v) is 4.86. The van der Waals surface area contributed by atoms with E-state index in [1.807, 2.05) is 0 Å². The summed E-state index contributed by atoms with van der Waals surface area (Å²) in [6.45, 7) is 4.38. The molecule has 0 aromatic heterocycles. The highest BCUT2D eigenvalue weighted by molar-refractivity contribution is 7.89. The molecule has 0 radical (unpaired) electrons. The summed E-state index contributed by atoms with van der Waals surface area (Å²) in [4.78, 5) is 0. The lowest BCUT2D eigenvalue weighted by molar-refractivity contribution is 0.257. The van der Waals surface area contributed by atoms with Gasteiger partial charge in [0.05, 0.1) is 5.75 Å². The van der Waals surface area contributed by atoms with Crippen LogP contribution in [0, 0.1) is 11.8 Å². The van der Waals surface area contributed by atoms with Gasteiger partial charge < -0.3 is 0 Å². The van der Waals surface area contributed by atoms with E-state index in [1.165, 1.54) is 6.42 Å². The molecule has 0 heterocycles. The van der Waals surface area contributed by atoms with Gasteiger partial charge in [0, 0.05) is 11.9 Å². The molecule has 1 rings (SSSR count). The van der Waals surface area contributed by atoms with Crippen LogP contribution < -0.4 is 4.72 Å². The molecule has 5 heteroatoms. The largest absolute Gasteiger partial charge is 0.212 e. The molecule has 0 spiro atoms. The molecule has 1 aliphatic carbocycles. The first-order valence-electron chi connectivity index (χ1n) is 5.99. The zero-order valence-corrected chi connectivity index (χ0v) is 11.6. The zero-order valence-electron chi connectivity index (χ0n) is 10.1. The van der Waals surface area contributed by atoms with Gasteiger partial charge in [0.1, 0.15) is 0 Å². The Bertz CT molecular complexity index is 295. The van der Waals surface area contributed by atoms with E-state index in [0.717, 1.165) is 12.8 Å². The summed E-state index contributed by atoms with van der Waals surface area (Å²) in [7, 11) is -3.12. The Morgan fingerprint density at radius 1 is 1.19 bits per heavy atom. The van der Waals surface area contributed by atoms with Gasteiger partial charge in [-0.15, -0.1) is 11.6 Å². The van der Waals surface area contributed by atoms with Gasteiger partial charge in [0.25, 0.3) is 0 Å². The van der Waals surface area contributed by atoms with Crippen molar-refractivity contribution in [1.82, 2.24) is 4.72 Å². The maximum absolute atomic E-state index is 11.7. The van der Waals surface area contributed by atoms with Crippen molar-refractivity contribution in [3.05, 3.63) is 0 Å². The van der Waals surface area contributed by atoms with Crippen molar-refractivity contribution in [3.8, 4) is 0 Å². The van der Waals surface area contributed by atoms with E-state index in [-0.39, 0.29) is 11.8 Å². The Morgan fingerprint density at radius 2 is 1.75 bits per heavy atom. The molecule has 2 atom stereocenters. The molecule has 0 bridgehead atoms. The van der Waals surface area contributed by atoms with E-state index in [9.17, 15) is 8.42 Å². The normalized spacial score (nSPS) is 31.6. The minimum Gasteiger partial charge on any atom is -0.212 e. The number of hydrogen-bond donors (Lipinski definition) is 1. The van der Waals surface area contributed by atoms with Crippen LogP contribution in [-0.2, 0) is 10.0 Å². The van der Waals surface area contributed by atoms with E-state index in [4.69, 9.17) is 11.6 Å². The van der Waals surface area contributed by atoms with E-state index >= 15 is 0 Å². The molecular weight excluding hydrogens is 246 g/mol. The number of rotatable bonds is 5. The monoisotopic (exact) mass is 267 g/mol. The minimum absolute atomic E-state index is 0.124. The van der Waals surface area contributed by atoms with Crippen molar-refractivity contribution in [3.63, 3.8) is 0 Å². The standard InChI is InChI=1S/C11H22ClNO2S/c1-9-6-10(2)8-11(7-9)13-16(14,15)5-3-4-12/h9-11,13H,3-8H2,1-2H3. The van der Waals surface area contributed by atoms with Crippen LogP contribution in [0.25, 0.3) is 0 Å². The molecule has 0 aliphatic heterocycles. The highest BCUT2D eigenvalue weighted by Crippen LogP contribution is 2.28. The molecule has 16 heavy (non-hydrogen) atoms. The molecule has 3 nitrogen and oxygen atoms in total. The average Bonchev–Trinajstić information content (AvgIpc) is 2.12. The van der Waals surface area contributed by atoms with E-state index < -0.39 is 10.0 Å². The predicted octanol–water partition coefficient (Wildman–Crippen LogP) is 2.36. The summed E-state index contributed by atoms with van der Waals surface area (Å²) in [5.74, 6) is 1.78. The molecule has 96 valence electrons. The SMILES string of the molecule is CC1CC(C)CC(NS(=O)(=O)CCCCl)C1. The number of hydrogen-bond acceptors (Lipinski definition) is 2. The van der Waals surface area contributed by atoms with Crippen LogP contribution in [0.2, 0.25) is 0 Å². The topological polar surface area (TPSA) is 46.2 Å². The number of nitrogens with one attached hydrogen (secondary N) is 1. The predicted molar refractivity (Wildman–Crippen MR) is 68.2 cm³/mol. The van der Waals surface area contributed by atoms with Gasteiger partial charge >= 0.3 is 0 Å². The van der Waals surface area contributed by atoms with Gasteiger partial charge in [-0.2, -0.15) is 0 Å². The first-order chi connectivity index (χ1) is 7.43. The van der Waals surface area contributed by atoms with Crippen molar-refractivity contribution in [1.29, 1.82) is 0 Å². The molecule has 0 aromatic rings. The van der Waals surface area contributed by atoms with Crippen LogP contribution in [0.5, 0.6) is 0 Å². The molecule has 1 aliphatic rings. The van der Waals surface area contributed by atoms with Crippen molar-refractivity contribution in [2.75, 3.05) is 11.6 Å². The average molecular weight is 268 g/mol. The summed E-state index contributed by atoms with van der Waals surface area (Å²) in [6.07, 6.45) is 3.66. The Morgan fingerprint density at radius 3 is 2.25 bits per heavy atom. The van der Waals surface area contributed by atoms with Crippen molar-refractivity contribution in [2.24, 2.45) is 11.8 Å². The molecule has 0 amide bonds. The van der Waals surface area contributed by atoms with Gasteiger partial charge in [0.15, 0.2) is 0 Å². The van der Waals surface area contributed by atoms with Crippen LogP contribution in [-0.4, -0.2) is 26.1 Å². The number of alkyl halides is 1. The van der Waals surface area contributed by atoms with Gasteiger partial charge in [-0.05, 0) is 37.5 Å². The summed E-state index contributed by atoms with van der Waals surface area (Å²) >= 11 is 5.50. The zero-order chi connectivity index (χ0) is 12.2. The van der Waals surface area contributed by atoms with Crippen LogP contribution in [0.3, 0.4) is 0 Å². The Kier molecular flexibility index (Phi) is 5.54. The third-order valence-electron chi connectivity index (χ3n) is 3.07. The highest BCUT2D eigenvalue weighted by Gasteiger charge is 2.26. The fraction of sp³-hybridized carbons (Fsp3) is 1.00. The molecule has 1 fully saturated rings. The third kappa shape index (κ3) is 5.02. The fourth-order valence-corrected chi connectivity index (χ4v) is 4.24. The maximum Gasteiger partial charge on any atom is 0.211 e. The Balaban J connectivity index is 2.46. The Hall–Kier alpha value is 0.200. The van der Waals surface area contributed by atoms with Crippen LogP contribution in [0.4, 0.5) is 0 Å². The lowest BCUT2D eigenvalue weighted by Crippen LogP contribution is -2.41.